The van der Waals surface area contributed by atoms with Crippen LogP contribution in [0.5, 0.6) is 0 Å². The summed E-state index contributed by atoms with van der Waals surface area (Å²) in [6.45, 7) is 9.61. The summed E-state index contributed by atoms with van der Waals surface area (Å²) < 4.78 is 1.23. The van der Waals surface area contributed by atoms with E-state index in [0.717, 1.165) is 6.54 Å². The van der Waals surface area contributed by atoms with Gasteiger partial charge >= 0.3 is 0 Å². The van der Waals surface area contributed by atoms with Crippen molar-refractivity contribution in [2.45, 2.75) is 27.7 Å². The number of aromatic nitrogens is 2. The van der Waals surface area contributed by atoms with Crippen LogP contribution in [0.4, 0.5) is 5.69 Å². The smallest absolute Gasteiger partial charge is 0.287 e. The van der Waals surface area contributed by atoms with Gasteiger partial charge in [0.15, 0.2) is 0 Å². The van der Waals surface area contributed by atoms with E-state index in [9.17, 15) is 4.79 Å². The van der Waals surface area contributed by atoms with Crippen molar-refractivity contribution in [2.75, 3.05) is 11.9 Å². The first-order valence-electron chi connectivity index (χ1n) is 6.30. The summed E-state index contributed by atoms with van der Waals surface area (Å²) in [6.07, 6.45) is 1.60. The van der Waals surface area contributed by atoms with Gasteiger partial charge in [0.2, 0.25) is 0 Å². The quantitative estimate of drug-likeness (QED) is 0.896. The lowest BCUT2D eigenvalue weighted by atomic mass is 9.85. The molecule has 102 valence electrons. The molecule has 0 bridgehead atoms. The third-order valence-corrected chi connectivity index (χ3v) is 3.68. The van der Waals surface area contributed by atoms with E-state index in [1.165, 1.54) is 4.68 Å². The van der Waals surface area contributed by atoms with Crippen LogP contribution in [0.1, 0.15) is 27.7 Å². The lowest BCUT2D eigenvalue weighted by molar-refractivity contribution is 0.304. The minimum atomic E-state index is -0.271. The van der Waals surface area contributed by atoms with E-state index in [4.69, 9.17) is 11.6 Å². The second kappa shape index (κ2) is 6.23. The summed E-state index contributed by atoms with van der Waals surface area (Å²) in [7, 11) is 1.59. The first-order valence-corrected chi connectivity index (χ1v) is 6.68. The van der Waals surface area contributed by atoms with Crippen LogP contribution in [-0.4, -0.2) is 16.3 Å². The number of nitrogens with zero attached hydrogens (tertiary/aromatic N) is 2. The summed E-state index contributed by atoms with van der Waals surface area (Å²) in [4.78, 5) is 11.6. The van der Waals surface area contributed by atoms with Crippen LogP contribution in [0.3, 0.4) is 0 Å². The van der Waals surface area contributed by atoms with Gasteiger partial charge in [-0.2, -0.15) is 5.10 Å². The maximum Gasteiger partial charge on any atom is 0.287 e. The van der Waals surface area contributed by atoms with Gasteiger partial charge in [-0.1, -0.05) is 39.3 Å². The van der Waals surface area contributed by atoms with Crippen LogP contribution >= 0.6 is 11.6 Å². The van der Waals surface area contributed by atoms with Gasteiger partial charge in [-0.05, 0) is 17.8 Å². The number of hydrogen-bond donors (Lipinski definition) is 1. The molecule has 0 fully saturated rings. The lowest BCUT2D eigenvalue weighted by Crippen LogP contribution is -2.26. The normalized spacial score (nSPS) is 11.6. The van der Waals surface area contributed by atoms with E-state index in [2.05, 4.69) is 38.1 Å². The number of rotatable bonds is 5. The molecule has 0 aliphatic rings. The Morgan fingerprint density at radius 1 is 1.33 bits per heavy atom. The molecule has 1 rings (SSSR count). The molecule has 0 saturated carbocycles. The minimum absolute atomic E-state index is 0.207. The zero-order valence-corrected chi connectivity index (χ0v) is 12.5. The van der Waals surface area contributed by atoms with Crippen LogP contribution in [0.25, 0.3) is 0 Å². The molecule has 1 aromatic rings. The molecule has 0 aliphatic carbocycles. The van der Waals surface area contributed by atoms with Crippen molar-refractivity contribution in [3.8, 4) is 0 Å². The van der Waals surface area contributed by atoms with E-state index >= 15 is 0 Å². The molecule has 0 aliphatic heterocycles. The van der Waals surface area contributed by atoms with Crippen molar-refractivity contribution >= 4 is 17.3 Å². The lowest BCUT2D eigenvalue weighted by Gasteiger charge is -2.25. The van der Waals surface area contributed by atoms with Gasteiger partial charge in [-0.25, -0.2) is 4.68 Å². The highest BCUT2D eigenvalue weighted by atomic mass is 35.5. The summed E-state index contributed by atoms with van der Waals surface area (Å²) in [5.74, 6) is 1.69. The summed E-state index contributed by atoms with van der Waals surface area (Å²) in [6, 6.07) is 0. The van der Waals surface area contributed by atoms with Gasteiger partial charge < -0.3 is 5.32 Å². The first-order chi connectivity index (χ1) is 8.34. The summed E-state index contributed by atoms with van der Waals surface area (Å²) in [5, 5.41) is 7.41. The number of halogens is 1. The van der Waals surface area contributed by atoms with Crippen LogP contribution in [0.15, 0.2) is 11.0 Å². The molecule has 5 heteroatoms. The molecule has 0 radical (unpaired) electrons. The Kier molecular flexibility index (Phi) is 5.20. The number of aryl methyl sites for hydroxylation is 1. The SMILES string of the molecule is CC(C)C(CNc1cnn(C)c(=O)c1Cl)C(C)C. The van der Waals surface area contributed by atoms with E-state index < -0.39 is 0 Å². The van der Waals surface area contributed by atoms with Crippen LogP contribution in [0.2, 0.25) is 5.02 Å². The Hall–Kier alpha value is -1.03. The Morgan fingerprint density at radius 2 is 1.89 bits per heavy atom. The van der Waals surface area contributed by atoms with Crippen molar-refractivity contribution in [2.24, 2.45) is 24.8 Å². The summed E-state index contributed by atoms with van der Waals surface area (Å²) >= 11 is 6.01. The number of nitrogens with one attached hydrogen (secondary N) is 1. The third-order valence-electron chi connectivity index (χ3n) is 3.32. The Bertz CT molecular complexity index is 446. The standard InChI is InChI=1S/C13H22ClN3O/c1-8(2)10(9(3)4)6-15-11-7-16-17(5)13(18)12(11)14/h7-10,15H,6H2,1-5H3. The maximum atomic E-state index is 11.6. The highest BCUT2D eigenvalue weighted by Crippen LogP contribution is 2.22. The topological polar surface area (TPSA) is 46.9 Å². The molecular formula is C13H22ClN3O. The van der Waals surface area contributed by atoms with E-state index in [1.807, 2.05) is 0 Å². The third kappa shape index (κ3) is 3.48. The Morgan fingerprint density at radius 3 is 2.39 bits per heavy atom. The van der Waals surface area contributed by atoms with E-state index in [1.54, 1.807) is 13.2 Å². The van der Waals surface area contributed by atoms with E-state index in [0.29, 0.717) is 23.4 Å². The fourth-order valence-electron chi connectivity index (χ4n) is 2.10. The van der Waals surface area contributed by atoms with Crippen molar-refractivity contribution in [1.29, 1.82) is 0 Å². The molecule has 0 saturated heterocycles. The predicted molar refractivity (Wildman–Crippen MR) is 76.1 cm³/mol. The second-order valence-corrected chi connectivity index (χ2v) is 5.71. The monoisotopic (exact) mass is 271 g/mol. The number of hydrogen-bond acceptors (Lipinski definition) is 3. The molecule has 18 heavy (non-hydrogen) atoms. The molecule has 1 aromatic heterocycles. The second-order valence-electron chi connectivity index (χ2n) is 5.33. The van der Waals surface area contributed by atoms with Crippen LogP contribution in [0, 0.1) is 17.8 Å². The maximum absolute atomic E-state index is 11.6. The van der Waals surface area contributed by atoms with E-state index in [-0.39, 0.29) is 10.6 Å². The minimum Gasteiger partial charge on any atom is -0.382 e. The van der Waals surface area contributed by atoms with Gasteiger partial charge in [0.05, 0.1) is 11.9 Å². The van der Waals surface area contributed by atoms with Gasteiger partial charge in [-0.15, -0.1) is 0 Å². The molecule has 0 aromatic carbocycles. The van der Waals surface area contributed by atoms with Crippen molar-refractivity contribution < 1.29 is 0 Å². The van der Waals surface area contributed by atoms with Gasteiger partial charge in [0.1, 0.15) is 5.02 Å². The van der Waals surface area contributed by atoms with Crippen molar-refractivity contribution in [1.82, 2.24) is 9.78 Å². The molecule has 1 heterocycles. The molecule has 1 N–H and O–H groups in total. The van der Waals surface area contributed by atoms with Crippen molar-refractivity contribution in [3.63, 3.8) is 0 Å². The zero-order valence-electron chi connectivity index (χ0n) is 11.7. The summed E-state index contributed by atoms with van der Waals surface area (Å²) in [5.41, 5.74) is 0.346. The van der Waals surface area contributed by atoms with Crippen LogP contribution < -0.4 is 10.9 Å². The van der Waals surface area contributed by atoms with Gasteiger partial charge in [0.25, 0.3) is 5.56 Å². The number of anilines is 1. The molecular weight excluding hydrogens is 250 g/mol. The molecule has 4 nitrogen and oxygen atoms in total. The van der Waals surface area contributed by atoms with Crippen LogP contribution in [-0.2, 0) is 7.05 Å². The molecule has 0 unspecified atom stereocenters. The fraction of sp³-hybridized carbons (Fsp3) is 0.692. The fourth-order valence-corrected chi connectivity index (χ4v) is 2.34. The average molecular weight is 272 g/mol. The average Bonchev–Trinajstić information content (AvgIpc) is 2.28. The Labute approximate surface area is 113 Å². The molecule has 0 atom stereocenters. The highest BCUT2D eigenvalue weighted by molar-refractivity contribution is 6.32. The largest absolute Gasteiger partial charge is 0.382 e. The zero-order chi connectivity index (χ0) is 13.9. The Balaban J connectivity index is 2.80. The predicted octanol–water partition coefficient (Wildman–Crippen LogP) is 2.77. The van der Waals surface area contributed by atoms with Gasteiger partial charge in [0, 0.05) is 13.6 Å². The van der Waals surface area contributed by atoms with Gasteiger partial charge in [-0.3, -0.25) is 4.79 Å². The molecule has 0 spiro atoms. The first kappa shape index (κ1) is 15.0. The van der Waals surface area contributed by atoms with Crippen molar-refractivity contribution in [3.05, 3.63) is 21.6 Å². The molecule has 0 amide bonds. The highest BCUT2D eigenvalue weighted by Gasteiger charge is 2.18.